The number of hydrogen-bond donors (Lipinski definition) is 2. The molecule has 0 bridgehead atoms. The fraction of sp³-hybridized carbons (Fsp3) is 0.316. The van der Waals surface area contributed by atoms with Gasteiger partial charge in [0.1, 0.15) is 11.6 Å². The highest BCUT2D eigenvalue weighted by Crippen LogP contribution is 2.26. The molecule has 1 aliphatic heterocycles. The fourth-order valence-electron chi connectivity index (χ4n) is 3.16. The molecule has 1 saturated heterocycles. The highest BCUT2D eigenvalue weighted by Gasteiger charge is 2.25. The SMILES string of the molecule is CNC(=O)c1cccc([C@@H]2CNCCN2Cc2ccc(F)cc2F)c1. The van der Waals surface area contributed by atoms with Crippen LogP contribution in [0.2, 0.25) is 0 Å². The third kappa shape index (κ3) is 4.03. The molecule has 2 aromatic rings. The maximum absolute atomic E-state index is 14.0. The Kier molecular flexibility index (Phi) is 5.40. The van der Waals surface area contributed by atoms with Crippen LogP contribution in [0.5, 0.6) is 0 Å². The maximum Gasteiger partial charge on any atom is 0.251 e. The summed E-state index contributed by atoms with van der Waals surface area (Å²) in [7, 11) is 1.60. The van der Waals surface area contributed by atoms with E-state index in [9.17, 15) is 13.6 Å². The van der Waals surface area contributed by atoms with E-state index in [1.54, 1.807) is 13.1 Å². The van der Waals surface area contributed by atoms with Crippen LogP contribution in [0.1, 0.15) is 27.5 Å². The standard InChI is InChI=1S/C19H21F2N3O/c1-22-19(25)14-4-2-3-13(9-14)18-11-23-7-8-24(18)12-15-5-6-16(20)10-17(15)21/h2-6,9-10,18,23H,7-8,11-12H2,1H3,(H,22,25)/t18-/m0/s1. The van der Waals surface area contributed by atoms with Crippen LogP contribution in [0.4, 0.5) is 8.78 Å². The number of carbonyl (C=O) groups is 1. The Morgan fingerprint density at radius 1 is 1.28 bits per heavy atom. The second kappa shape index (κ2) is 7.72. The Morgan fingerprint density at radius 2 is 2.12 bits per heavy atom. The lowest BCUT2D eigenvalue weighted by Crippen LogP contribution is -2.45. The molecular formula is C19H21F2N3O. The molecule has 1 amide bonds. The van der Waals surface area contributed by atoms with E-state index >= 15 is 0 Å². The molecule has 1 atom stereocenters. The van der Waals surface area contributed by atoms with Crippen LogP contribution < -0.4 is 10.6 Å². The molecule has 3 rings (SSSR count). The predicted molar refractivity (Wildman–Crippen MR) is 92.2 cm³/mol. The van der Waals surface area contributed by atoms with Crippen LogP contribution in [-0.2, 0) is 6.54 Å². The first kappa shape index (κ1) is 17.5. The first-order valence-electron chi connectivity index (χ1n) is 8.29. The Hall–Kier alpha value is -2.31. The number of hydrogen-bond acceptors (Lipinski definition) is 3. The van der Waals surface area contributed by atoms with Gasteiger partial charge in [0.25, 0.3) is 5.91 Å². The van der Waals surface area contributed by atoms with Gasteiger partial charge in [-0.2, -0.15) is 0 Å². The van der Waals surface area contributed by atoms with Crippen molar-refractivity contribution in [2.75, 3.05) is 26.7 Å². The van der Waals surface area contributed by atoms with Crippen LogP contribution in [-0.4, -0.2) is 37.5 Å². The summed E-state index contributed by atoms with van der Waals surface area (Å²) in [4.78, 5) is 14.0. The molecule has 0 saturated carbocycles. The van der Waals surface area contributed by atoms with Gasteiger partial charge in [-0.3, -0.25) is 9.69 Å². The van der Waals surface area contributed by atoms with Gasteiger partial charge in [-0.1, -0.05) is 18.2 Å². The van der Waals surface area contributed by atoms with Gasteiger partial charge in [0.05, 0.1) is 0 Å². The minimum absolute atomic E-state index is 0.0165. The number of nitrogens with one attached hydrogen (secondary N) is 2. The summed E-state index contributed by atoms with van der Waals surface area (Å²) in [5.74, 6) is -1.24. The molecular weight excluding hydrogens is 324 g/mol. The normalized spacial score (nSPS) is 18.1. The highest BCUT2D eigenvalue weighted by atomic mass is 19.1. The summed E-state index contributed by atoms with van der Waals surface area (Å²) < 4.78 is 27.1. The summed E-state index contributed by atoms with van der Waals surface area (Å²) in [6.07, 6.45) is 0. The Balaban J connectivity index is 1.85. The van der Waals surface area contributed by atoms with Crippen molar-refractivity contribution < 1.29 is 13.6 Å². The summed E-state index contributed by atoms with van der Waals surface area (Å²) in [6, 6.07) is 11.2. The van der Waals surface area contributed by atoms with Crippen LogP contribution in [0, 0.1) is 11.6 Å². The average molecular weight is 345 g/mol. The van der Waals surface area contributed by atoms with Gasteiger partial charge in [-0.25, -0.2) is 8.78 Å². The van der Waals surface area contributed by atoms with E-state index in [0.29, 0.717) is 24.2 Å². The Bertz CT molecular complexity index is 766. The van der Waals surface area contributed by atoms with Gasteiger partial charge in [-0.05, 0) is 23.8 Å². The van der Waals surface area contributed by atoms with E-state index in [1.807, 2.05) is 18.2 Å². The second-order valence-corrected chi connectivity index (χ2v) is 6.13. The lowest BCUT2D eigenvalue weighted by molar-refractivity contribution is 0.0962. The van der Waals surface area contributed by atoms with Crippen molar-refractivity contribution in [2.45, 2.75) is 12.6 Å². The van der Waals surface area contributed by atoms with Crippen LogP contribution in [0.25, 0.3) is 0 Å². The van der Waals surface area contributed by atoms with Crippen molar-refractivity contribution in [2.24, 2.45) is 0 Å². The zero-order valence-electron chi connectivity index (χ0n) is 14.1. The fourth-order valence-corrected chi connectivity index (χ4v) is 3.16. The molecule has 2 N–H and O–H groups in total. The van der Waals surface area contributed by atoms with Crippen molar-refractivity contribution in [3.05, 3.63) is 70.8 Å². The third-order valence-corrected chi connectivity index (χ3v) is 4.50. The molecule has 132 valence electrons. The maximum atomic E-state index is 14.0. The van der Waals surface area contributed by atoms with Gasteiger partial charge >= 0.3 is 0 Å². The number of benzene rings is 2. The molecule has 2 aromatic carbocycles. The summed E-state index contributed by atoms with van der Waals surface area (Å²) in [5, 5.41) is 5.96. The first-order valence-corrected chi connectivity index (χ1v) is 8.29. The lowest BCUT2D eigenvalue weighted by Gasteiger charge is -2.36. The van der Waals surface area contributed by atoms with Gasteiger partial charge in [0.2, 0.25) is 0 Å². The van der Waals surface area contributed by atoms with Gasteiger partial charge in [-0.15, -0.1) is 0 Å². The molecule has 0 radical (unpaired) electrons. The zero-order valence-corrected chi connectivity index (χ0v) is 14.1. The van der Waals surface area contributed by atoms with E-state index in [1.165, 1.54) is 12.1 Å². The molecule has 0 unspecified atom stereocenters. The summed E-state index contributed by atoms with van der Waals surface area (Å²) in [6.45, 7) is 2.64. The number of halogens is 2. The topological polar surface area (TPSA) is 44.4 Å². The molecule has 0 spiro atoms. The highest BCUT2D eigenvalue weighted by molar-refractivity contribution is 5.94. The number of nitrogens with zero attached hydrogens (tertiary/aromatic N) is 1. The Morgan fingerprint density at radius 3 is 2.88 bits per heavy atom. The quantitative estimate of drug-likeness (QED) is 0.895. The van der Waals surface area contributed by atoms with Crippen LogP contribution in [0.15, 0.2) is 42.5 Å². The number of piperazine rings is 1. The molecule has 25 heavy (non-hydrogen) atoms. The van der Waals surface area contributed by atoms with Crippen molar-refractivity contribution >= 4 is 5.91 Å². The average Bonchev–Trinajstić information content (AvgIpc) is 2.64. The van der Waals surface area contributed by atoms with E-state index in [4.69, 9.17) is 0 Å². The van der Waals surface area contributed by atoms with Gasteiger partial charge < -0.3 is 10.6 Å². The summed E-state index contributed by atoms with van der Waals surface area (Å²) in [5.41, 5.74) is 2.06. The van der Waals surface area contributed by atoms with E-state index in [-0.39, 0.29) is 11.9 Å². The smallest absolute Gasteiger partial charge is 0.251 e. The van der Waals surface area contributed by atoms with E-state index in [2.05, 4.69) is 15.5 Å². The molecule has 0 aromatic heterocycles. The predicted octanol–water partition coefficient (Wildman–Crippen LogP) is 2.47. The second-order valence-electron chi connectivity index (χ2n) is 6.13. The minimum atomic E-state index is -0.573. The number of rotatable bonds is 4. The van der Waals surface area contributed by atoms with Gasteiger partial charge in [0.15, 0.2) is 0 Å². The van der Waals surface area contributed by atoms with Crippen LogP contribution >= 0.6 is 0 Å². The number of amides is 1. The largest absolute Gasteiger partial charge is 0.355 e. The summed E-state index contributed by atoms with van der Waals surface area (Å²) >= 11 is 0. The first-order chi connectivity index (χ1) is 12.1. The van der Waals surface area contributed by atoms with E-state index < -0.39 is 11.6 Å². The molecule has 0 aliphatic carbocycles. The minimum Gasteiger partial charge on any atom is -0.355 e. The van der Waals surface area contributed by atoms with Gasteiger partial charge in [0, 0.05) is 56.5 Å². The molecule has 1 heterocycles. The Labute approximate surface area is 145 Å². The number of carbonyl (C=O) groups excluding carboxylic acids is 1. The van der Waals surface area contributed by atoms with E-state index in [0.717, 1.165) is 24.7 Å². The third-order valence-electron chi connectivity index (χ3n) is 4.50. The van der Waals surface area contributed by atoms with Crippen molar-refractivity contribution in [3.63, 3.8) is 0 Å². The monoisotopic (exact) mass is 345 g/mol. The van der Waals surface area contributed by atoms with Crippen LogP contribution in [0.3, 0.4) is 0 Å². The zero-order chi connectivity index (χ0) is 17.8. The van der Waals surface area contributed by atoms with Crippen molar-refractivity contribution in [3.8, 4) is 0 Å². The molecule has 1 aliphatic rings. The van der Waals surface area contributed by atoms with Crippen molar-refractivity contribution in [1.29, 1.82) is 0 Å². The van der Waals surface area contributed by atoms with Crippen molar-refractivity contribution in [1.82, 2.24) is 15.5 Å². The molecule has 6 heteroatoms. The lowest BCUT2D eigenvalue weighted by atomic mass is 9.99. The molecule has 1 fully saturated rings. The molecule has 4 nitrogen and oxygen atoms in total.